The molecule has 1 amide bonds. The predicted molar refractivity (Wildman–Crippen MR) is 61.9 cm³/mol. The number of amides is 1. The fraction of sp³-hybridized carbons (Fsp3) is 0.0769. The lowest BCUT2D eigenvalue weighted by molar-refractivity contribution is -0.687. The highest BCUT2D eigenvalue weighted by Gasteiger charge is 2.02. The maximum atomic E-state index is 10.3. The lowest BCUT2D eigenvalue weighted by Crippen LogP contribution is -3.00. The second-order valence-electron chi connectivity index (χ2n) is 3.51. The second-order valence-corrected chi connectivity index (χ2v) is 3.51. The highest BCUT2D eigenvalue weighted by atomic mass is 35.5. The lowest BCUT2D eigenvalue weighted by Gasteiger charge is -1.99. The summed E-state index contributed by atoms with van der Waals surface area (Å²) >= 11 is 0. The lowest BCUT2D eigenvalue weighted by atomic mass is 10.2. The van der Waals surface area contributed by atoms with Gasteiger partial charge in [-0.2, -0.15) is 4.57 Å². The number of carbonyl (C=O) groups excluding carboxylic acids is 1. The van der Waals surface area contributed by atoms with Gasteiger partial charge in [0, 0.05) is 11.6 Å². The van der Waals surface area contributed by atoms with Gasteiger partial charge in [-0.1, -0.05) is 30.3 Å². The van der Waals surface area contributed by atoms with Crippen LogP contribution < -0.4 is 22.3 Å². The fourth-order valence-electron chi connectivity index (χ4n) is 1.57. The van der Waals surface area contributed by atoms with Gasteiger partial charge in [0.25, 0.3) is 0 Å². The highest BCUT2D eigenvalue weighted by molar-refractivity contribution is 5.69. The first-order valence-electron chi connectivity index (χ1n) is 5.12. The Morgan fingerprint density at radius 2 is 1.88 bits per heavy atom. The van der Waals surface area contributed by atoms with Crippen molar-refractivity contribution >= 4 is 12.1 Å². The normalized spacial score (nSPS) is 9.18. The molecule has 4 heteroatoms. The predicted octanol–water partition coefficient (Wildman–Crippen LogP) is -1.41. The molecule has 17 heavy (non-hydrogen) atoms. The molecule has 1 aromatic heterocycles. The molecule has 0 bridgehead atoms. The minimum atomic E-state index is 0. The molecule has 0 atom stereocenters. The van der Waals surface area contributed by atoms with E-state index in [0.29, 0.717) is 6.41 Å². The SMILES string of the molecule is O=CNc1ccc[n+](Cc2ccccc2)c1.[Cl-]. The summed E-state index contributed by atoms with van der Waals surface area (Å²) in [6.07, 6.45) is 4.56. The molecule has 0 aliphatic rings. The first-order valence-corrected chi connectivity index (χ1v) is 5.12. The molecule has 0 aliphatic heterocycles. The molecule has 2 aromatic rings. The van der Waals surface area contributed by atoms with E-state index in [0.717, 1.165) is 12.2 Å². The quantitative estimate of drug-likeness (QED) is 0.524. The van der Waals surface area contributed by atoms with Crippen molar-refractivity contribution < 1.29 is 21.8 Å². The van der Waals surface area contributed by atoms with E-state index in [1.54, 1.807) is 0 Å². The summed E-state index contributed by atoms with van der Waals surface area (Å²) in [5.74, 6) is 0. The van der Waals surface area contributed by atoms with Gasteiger partial charge in [0.2, 0.25) is 6.41 Å². The van der Waals surface area contributed by atoms with E-state index in [9.17, 15) is 4.79 Å². The molecule has 3 nitrogen and oxygen atoms in total. The number of anilines is 1. The van der Waals surface area contributed by atoms with Crippen LogP contribution in [0, 0.1) is 0 Å². The number of rotatable bonds is 4. The third-order valence-corrected chi connectivity index (χ3v) is 2.29. The first kappa shape index (κ1) is 13.2. The summed E-state index contributed by atoms with van der Waals surface area (Å²) in [5, 5.41) is 2.63. The van der Waals surface area contributed by atoms with Crippen molar-refractivity contribution in [2.24, 2.45) is 0 Å². The van der Waals surface area contributed by atoms with Crippen molar-refractivity contribution in [1.29, 1.82) is 0 Å². The van der Waals surface area contributed by atoms with Crippen LogP contribution in [-0.2, 0) is 11.3 Å². The summed E-state index contributed by atoms with van der Waals surface area (Å²) in [6.45, 7) is 0.801. The Labute approximate surface area is 107 Å². The van der Waals surface area contributed by atoms with Crippen molar-refractivity contribution in [2.75, 3.05) is 5.32 Å². The number of hydrogen-bond acceptors (Lipinski definition) is 1. The Morgan fingerprint density at radius 1 is 1.12 bits per heavy atom. The molecule has 1 aromatic carbocycles. The Balaban J connectivity index is 0.00000144. The van der Waals surface area contributed by atoms with Crippen LogP contribution in [0.5, 0.6) is 0 Å². The average Bonchev–Trinajstić information content (AvgIpc) is 2.31. The van der Waals surface area contributed by atoms with Crippen LogP contribution in [-0.4, -0.2) is 6.41 Å². The molecule has 0 aliphatic carbocycles. The average molecular weight is 249 g/mol. The summed E-state index contributed by atoms with van der Waals surface area (Å²) in [5.41, 5.74) is 2.03. The summed E-state index contributed by atoms with van der Waals surface area (Å²) in [4.78, 5) is 10.3. The molecule has 0 spiro atoms. The van der Waals surface area contributed by atoms with Gasteiger partial charge in [-0.05, 0) is 6.07 Å². The van der Waals surface area contributed by atoms with Gasteiger partial charge in [-0.15, -0.1) is 0 Å². The van der Waals surface area contributed by atoms with Crippen molar-refractivity contribution in [3.8, 4) is 0 Å². The molecule has 0 saturated carbocycles. The van der Waals surface area contributed by atoms with Crippen LogP contribution in [0.1, 0.15) is 5.56 Å². The van der Waals surface area contributed by atoms with Crippen molar-refractivity contribution in [1.82, 2.24) is 0 Å². The zero-order valence-electron chi connectivity index (χ0n) is 9.21. The van der Waals surface area contributed by atoms with Crippen molar-refractivity contribution in [3.63, 3.8) is 0 Å². The van der Waals surface area contributed by atoms with Crippen LogP contribution in [0.4, 0.5) is 5.69 Å². The summed E-state index contributed by atoms with van der Waals surface area (Å²) in [7, 11) is 0. The minimum Gasteiger partial charge on any atom is -1.00 e. The zero-order valence-corrected chi connectivity index (χ0v) is 9.97. The Kier molecular flexibility index (Phi) is 5.17. The third kappa shape index (κ3) is 3.89. The fourth-order valence-corrected chi connectivity index (χ4v) is 1.57. The summed E-state index contributed by atoms with van der Waals surface area (Å²) < 4.78 is 2.03. The third-order valence-electron chi connectivity index (χ3n) is 2.29. The topological polar surface area (TPSA) is 33.0 Å². The van der Waals surface area contributed by atoms with Crippen molar-refractivity contribution in [3.05, 3.63) is 60.4 Å². The monoisotopic (exact) mass is 248 g/mol. The zero-order chi connectivity index (χ0) is 11.2. The van der Waals surface area contributed by atoms with Crippen LogP contribution in [0.3, 0.4) is 0 Å². The number of nitrogens with one attached hydrogen (secondary N) is 1. The van der Waals surface area contributed by atoms with E-state index in [1.165, 1.54) is 5.56 Å². The smallest absolute Gasteiger partial charge is 0.211 e. The maximum Gasteiger partial charge on any atom is 0.211 e. The van der Waals surface area contributed by atoms with Crippen LogP contribution in [0.15, 0.2) is 54.9 Å². The van der Waals surface area contributed by atoms with Gasteiger partial charge in [0.1, 0.15) is 5.69 Å². The van der Waals surface area contributed by atoms with E-state index in [1.807, 2.05) is 47.3 Å². The largest absolute Gasteiger partial charge is 1.00 e. The molecule has 1 N–H and O–H groups in total. The molecule has 0 radical (unpaired) electrons. The van der Waals surface area contributed by atoms with Crippen LogP contribution >= 0.6 is 0 Å². The Bertz CT molecular complexity index is 474. The minimum absolute atomic E-state index is 0. The van der Waals surface area contributed by atoms with Gasteiger partial charge in [0.05, 0.1) is 0 Å². The highest BCUT2D eigenvalue weighted by Crippen LogP contribution is 2.02. The van der Waals surface area contributed by atoms with Gasteiger partial charge >= 0.3 is 0 Å². The van der Waals surface area contributed by atoms with E-state index in [-0.39, 0.29) is 12.4 Å². The number of hydrogen-bond donors (Lipinski definition) is 1. The maximum absolute atomic E-state index is 10.3. The number of halogens is 1. The van der Waals surface area contributed by atoms with Crippen LogP contribution in [0.25, 0.3) is 0 Å². The summed E-state index contributed by atoms with van der Waals surface area (Å²) in [6, 6.07) is 14.0. The molecule has 0 saturated heterocycles. The number of pyridine rings is 1. The molecular weight excluding hydrogens is 236 g/mol. The van der Waals surface area contributed by atoms with E-state index in [4.69, 9.17) is 0 Å². The Morgan fingerprint density at radius 3 is 2.59 bits per heavy atom. The second kappa shape index (κ2) is 6.66. The molecule has 1 heterocycles. The number of benzene rings is 1. The Hall–Kier alpha value is -1.87. The number of carbonyl (C=O) groups is 1. The first-order chi connectivity index (χ1) is 7.88. The molecule has 0 unspecified atom stereocenters. The molecular formula is C13H13ClN2O. The number of nitrogens with zero attached hydrogens (tertiary/aromatic N) is 1. The standard InChI is InChI=1S/C13H12N2O.ClH/c16-11-14-13-7-4-8-15(10-13)9-12-5-2-1-3-6-12;/h1-8,10-11H,9H2;1H. The van der Waals surface area contributed by atoms with Gasteiger partial charge in [-0.3, -0.25) is 4.79 Å². The van der Waals surface area contributed by atoms with Gasteiger partial charge in [-0.25, -0.2) is 0 Å². The van der Waals surface area contributed by atoms with Gasteiger partial charge in [0.15, 0.2) is 18.9 Å². The van der Waals surface area contributed by atoms with Gasteiger partial charge < -0.3 is 17.7 Å². The molecule has 88 valence electrons. The van der Waals surface area contributed by atoms with E-state index in [2.05, 4.69) is 17.4 Å². The number of aromatic nitrogens is 1. The van der Waals surface area contributed by atoms with E-state index >= 15 is 0 Å². The van der Waals surface area contributed by atoms with E-state index < -0.39 is 0 Å². The molecule has 0 fully saturated rings. The van der Waals surface area contributed by atoms with Crippen LogP contribution in [0.2, 0.25) is 0 Å². The molecule has 2 rings (SSSR count). The van der Waals surface area contributed by atoms with Crippen molar-refractivity contribution in [2.45, 2.75) is 6.54 Å².